The number of hydrogen-bond acceptors (Lipinski definition) is 6. The summed E-state index contributed by atoms with van der Waals surface area (Å²) in [6, 6.07) is 1.68. The molecule has 0 atom stereocenters. The van der Waals surface area contributed by atoms with Crippen molar-refractivity contribution < 1.29 is 9.59 Å². The van der Waals surface area contributed by atoms with Gasteiger partial charge in [-0.3, -0.25) is 19.0 Å². The van der Waals surface area contributed by atoms with Gasteiger partial charge in [0.05, 0.1) is 0 Å². The first-order valence-electron chi connectivity index (χ1n) is 11.4. The van der Waals surface area contributed by atoms with Crippen molar-refractivity contribution in [1.29, 1.82) is 0 Å². The number of carbonyl (C=O) groups is 2. The Bertz CT molecular complexity index is 1120. The molecule has 3 N–H and O–H groups in total. The Hall–Kier alpha value is -3.23. The maximum absolute atomic E-state index is 13.5. The molecule has 2 aliphatic heterocycles. The Morgan fingerprint density at radius 1 is 1.22 bits per heavy atom. The van der Waals surface area contributed by atoms with Crippen molar-refractivity contribution in [2.24, 2.45) is 15.9 Å². The number of amides is 2. The molecule has 2 aliphatic carbocycles. The number of fused-ring (bicyclic) bond motifs is 2. The van der Waals surface area contributed by atoms with Gasteiger partial charge >= 0.3 is 0 Å². The predicted octanol–water partition coefficient (Wildman–Crippen LogP) is 2.52. The zero-order valence-corrected chi connectivity index (χ0v) is 18.2. The third-order valence-electron chi connectivity index (χ3n) is 6.61. The number of nitrogens with one attached hydrogen (secondary N) is 3. The number of nitrogens with zero attached hydrogens (tertiary/aromatic N) is 3. The maximum atomic E-state index is 13.5. The Balaban J connectivity index is 1.49. The van der Waals surface area contributed by atoms with Crippen molar-refractivity contribution in [3.05, 3.63) is 40.0 Å². The fourth-order valence-corrected chi connectivity index (χ4v) is 4.83. The Labute approximate surface area is 186 Å². The second-order valence-corrected chi connectivity index (χ2v) is 9.10. The van der Waals surface area contributed by atoms with E-state index in [0.717, 1.165) is 56.9 Å². The summed E-state index contributed by atoms with van der Waals surface area (Å²) in [5.41, 5.74) is 0.554. The van der Waals surface area contributed by atoms with E-state index in [-0.39, 0.29) is 29.3 Å². The molecular formula is C23H28N6O3. The molecule has 9 heteroatoms. The number of carbonyl (C=O) groups excluding carboxylic acids is 2. The molecule has 168 valence electrons. The number of hydrogen-bond donors (Lipinski definition) is 3. The van der Waals surface area contributed by atoms with Crippen LogP contribution in [0.3, 0.4) is 0 Å². The van der Waals surface area contributed by atoms with Crippen molar-refractivity contribution in [3.8, 4) is 0 Å². The largest absolute Gasteiger partial charge is 0.327 e. The molecule has 0 saturated heterocycles. The molecule has 2 saturated carbocycles. The highest BCUT2D eigenvalue weighted by Crippen LogP contribution is 2.37. The molecule has 1 aromatic heterocycles. The molecule has 0 aromatic carbocycles. The minimum absolute atomic E-state index is 0.00933. The molecule has 1 aromatic rings. The number of anilines is 1. The number of aryl methyl sites for hydroxylation is 1. The summed E-state index contributed by atoms with van der Waals surface area (Å²) < 4.78 is 1.64. The highest BCUT2D eigenvalue weighted by Gasteiger charge is 2.45. The van der Waals surface area contributed by atoms with Crippen molar-refractivity contribution >= 4 is 29.3 Å². The van der Waals surface area contributed by atoms with Gasteiger partial charge in [0.2, 0.25) is 11.9 Å². The number of aliphatic imine (C=N–C) groups is 2. The second-order valence-electron chi connectivity index (χ2n) is 9.10. The summed E-state index contributed by atoms with van der Waals surface area (Å²) in [6.07, 6.45) is 11.2. The topological polar surface area (TPSA) is 117 Å². The van der Waals surface area contributed by atoms with Crippen LogP contribution in [0, 0.1) is 12.8 Å². The SMILES string of the molecule is Cc1cc(NC2=N/C=C\CC/C(NC(=O)C3CC3)=N\2)c(=O)n2c1C(=O)NC21CCCCC1. The van der Waals surface area contributed by atoms with Gasteiger partial charge in [-0.1, -0.05) is 12.5 Å². The van der Waals surface area contributed by atoms with E-state index in [2.05, 4.69) is 25.9 Å². The van der Waals surface area contributed by atoms with E-state index in [0.29, 0.717) is 23.6 Å². The summed E-state index contributed by atoms with van der Waals surface area (Å²) >= 11 is 0. The molecule has 0 bridgehead atoms. The van der Waals surface area contributed by atoms with Gasteiger partial charge in [-0.15, -0.1) is 0 Å². The number of pyridine rings is 1. The number of allylic oxidation sites excluding steroid dienone is 1. The average molecular weight is 437 g/mol. The lowest BCUT2D eigenvalue weighted by Gasteiger charge is -2.35. The van der Waals surface area contributed by atoms with E-state index < -0.39 is 5.66 Å². The Kier molecular flexibility index (Phi) is 5.19. The normalized spacial score (nSPS) is 26.0. The molecule has 1 spiro atoms. The fourth-order valence-electron chi connectivity index (χ4n) is 4.83. The van der Waals surface area contributed by atoms with Crippen LogP contribution in [0.15, 0.2) is 33.1 Å². The highest BCUT2D eigenvalue weighted by molar-refractivity contribution is 6.08. The monoisotopic (exact) mass is 436 g/mol. The van der Waals surface area contributed by atoms with Crippen LogP contribution >= 0.6 is 0 Å². The first-order chi connectivity index (χ1) is 15.5. The summed E-state index contributed by atoms with van der Waals surface area (Å²) in [7, 11) is 0. The minimum Gasteiger partial charge on any atom is -0.327 e. The number of guanidine groups is 1. The molecule has 32 heavy (non-hydrogen) atoms. The van der Waals surface area contributed by atoms with Crippen LogP contribution in [0.5, 0.6) is 0 Å². The quantitative estimate of drug-likeness (QED) is 0.660. The summed E-state index contributed by atoms with van der Waals surface area (Å²) in [4.78, 5) is 47.3. The van der Waals surface area contributed by atoms with Crippen molar-refractivity contribution in [1.82, 2.24) is 15.2 Å². The third-order valence-corrected chi connectivity index (χ3v) is 6.61. The van der Waals surface area contributed by atoms with Gasteiger partial charge in [0.1, 0.15) is 22.9 Å². The molecule has 2 amide bonds. The van der Waals surface area contributed by atoms with Crippen LogP contribution in [0.1, 0.15) is 73.8 Å². The van der Waals surface area contributed by atoms with Gasteiger partial charge in [0, 0.05) is 18.5 Å². The van der Waals surface area contributed by atoms with Gasteiger partial charge in [-0.05, 0) is 63.5 Å². The fraction of sp³-hybridized carbons (Fsp3) is 0.522. The first-order valence-corrected chi connectivity index (χ1v) is 11.4. The minimum atomic E-state index is -0.653. The van der Waals surface area contributed by atoms with Crippen molar-refractivity contribution in [2.45, 2.75) is 70.4 Å². The summed E-state index contributed by atoms with van der Waals surface area (Å²) in [5.74, 6) is 0.648. The predicted molar refractivity (Wildman–Crippen MR) is 122 cm³/mol. The molecule has 0 unspecified atom stereocenters. The average Bonchev–Trinajstić information content (AvgIpc) is 3.55. The van der Waals surface area contributed by atoms with Gasteiger partial charge in [0.15, 0.2) is 0 Å². The van der Waals surface area contributed by atoms with Gasteiger partial charge < -0.3 is 16.0 Å². The number of rotatable bonds is 2. The van der Waals surface area contributed by atoms with Gasteiger partial charge in [0.25, 0.3) is 11.5 Å². The van der Waals surface area contributed by atoms with Gasteiger partial charge in [-0.25, -0.2) is 4.99 Å². The maximum Gasteiger partial charge on any atom is 0.276 e. The first kappa shape index (κ1) is 20.7. The Morgan fingerprint density at radius 2 is 2.00 bits per heavy atom. The highest BCUT2D eigenvalue weighted by atomic mass is 16.2. The van der Waals surface area contributed by atoms with Crippen LogP contribution in [0.2, 0.25) is 0 Å². The summed E-state index contributed by atoms with van der Waals surface area (Å²) in [5, 5.41) is 9.05. The number of aromatic nitrogens is 1. The number of amidine groups is 1. The van der Waals surface area contributed by atoms with E-state index >= 15 is 0 Å². The Morgan fingerprint density at radius 3 is 2.75 bits per heavy atom. The van der Waals surface area contributed by atoms with E-state index in [1.165, 1.54) is 0 Å². The van der Waals surface area contributed by atoms with Crippen LogP contribution in [-0.4, -0.2) is 28.2 Å². The zero-order valence-electron chi connectivity index (χ0n) is 18.2. The lowest BCUT2D eigenvalue weighted by Crippen LogP contribution is -2.49. The molecule has 4 aliphatic rings. The smallest absolute Gasteiger partial charge is 0.276 e. The van der Waals surface area contributed by atoms with Crippen LogP contribution < -0.4 is 21.5 Å². The molecule has 0 radical (unpaired) electrons. The van der Waals surface area contributed by atoms with E-state index in [1.807, 2.05) is 13.0 Å². The molecular weight excluding hydrogens is 408 g/mol. The molecule has 9 nitrogen and oxygen atoms in total. The van der Waals surface area contributed by atoms with Crippen molar-refractivity contribution in [3.63, 3.8) is 0 Å². The van der Waals surface area contributed by atoms with E-state index in [9.17, 15) is 14.4 Å². The summed E-state index contributed by atoms with van der Waals surface area (Å²) in [6.45, 7) is 1.84. The van der Waals surface area contributed by atoms with E-state index in [4.69, 9.17) is 0 Å². The third kappa shape index (κ3) is 3.76. The molecule has 3 heterocycles. The van der Waals surface area contributed by atoms with Crippen LogP contribution in [0.25, 0.3) is 0 Å². The standard InChI is InChI=1S/C23H28N6O3/c1-14-13-16(21(32)29-18(14)20(31)28-23(29)10-4-2-5-11-23)25-22-24-12-6-3-7-17(27-22)26-19(30)15-8-9-15/h6,12-13,15H,2-5,7-11H2,1H3,(H,28,31)(H2,24,25,26,27,30)/b12-6-. The van der Waals surface area contributed by atoms with Crippen LogP contribution in [-0.2, 0) is 10.5 Å². The lowest BCUT2D eigenvalue weighted by atomic mass is 9.89. The lowest BCUT2D eigenvalue weighted by molar-refractivity contribution is -0.120. The van der Waals surface area contributed by atoms with E-state index in [1.54, 1.807) is 16.8 Å². The zero-order chi connectivity index (χ0) is 22.3. The molecule has 5 rings (SSSR count). The second kappa shape index (κ2) is 8.03. The van der Waals surface area contributed by atoms with Gasteiger partial charge in [-0.2, -0.15) is 4.99 Å². The molecule has 2 fully saturated rings. The van der Waals surface area contributed by atoms with Crippen LogP contribution in [0.4, 0.5) is 5.69 Å². The van der Waals surface area contributed by atoms with Crippen molar-refractivity contribution in [2.75, 3.05) is 5.32 Å².